The first-order chi connectivity index (χ1) is 10.1. The number of benzene rings is 1. The molecular formula is C17H27N3O. The van der Waals surface area contributed by atoms with Crippen molar-refractivity contribution in [3.8, 4) is 0 Å². The third-order valence-electron chi connectivity index (χ3n) is 3.96. The Labute approximate surface area is 127 Å². The number of carbonyl (C=O) groups is 1. The van der Waals surface area contributed by atoms with Crippen molar-refractivity contribution >= 4 is 5.91 Å². The number of hydrogen-bond acceptors (Lipinski definition) is 3. The van der Waals surface area contributed by atoms with Crippen LogP contribution in [0.2, 0.25) is 0 Å². The minimum Gasteiger partial charge on any atom is -0.355 e. The normalized spacial score (nSPS) is 16.1. The number of piperazine rings is 1. The standard InChI is InChI=1S/C17H27N3O/c1-14(2)16-5-3-15(4-6-16)7-8-19-17(21)13-20-11-9-18-10-12-20/h3-6,14,18H,7-13H2,1-2H3,(H,19,21). The van der Waals surface area contributed by atoms with E-state index in [-0.39, 0.29) is 5.91 Å². The number of amides is 1. The topological polar surface area (TPSA) is 44.4 Å². The van der Waals surface area contributed by atoms with Gasteiger partial charge in [-0.2, -0.15) is 0 Å². The maximum Gasteiger partial charge on any atom is 0.234 e. The lowest BCUT2D eigenvalue weighted by atomic mass is 10.0. The fourth-order valence-electron chi connectivity index (χ4n) is 2.54. The molecule has 1 fully saturated rings. The van der Waals surface area contributed by atoms with Gasteiger partial charge in [0.2, 0.25) is 5.91 Å². The van der Waals surface area contributed by atoms with Crippen LogP contribution in [0.4, 0.5) is 0 Å². The highest BCUT2D eigenvalue weighted by atomic mass is 16.2. The second kappa shape index (κ2) is 8.15. The van der Waals surface area contributed by atoms with Gasteiger partial charge in [-0.1, -0.05) is 38.1 Å². The van der Waals surface area contributed by atoms with Crippen molar-refractivity contribution in [1.82, 2.24) is 15.5 Å². The van der Waals surface area contributed by atoms with E-state index in [9.17, 15) is 4.79 Å². The summed E-state index contributed by atoms with van der Waals surface area (Å²) < 4.78 is 0. The van der Waals surface area contributed by atoms with Crippen LogP contribution >= 0.6 is 0 Å². The summed E-state index contributed by atoms with van der Waals surface area (Å²) in [6.07, 6.45) is 0.895. The third-order valence-corrected chi connectivity index (χ3v) is 3.96. The number of rotatable bonds is 6. The third kappa shape index (κ3) is 5.48. The summed E-state index contributed by atoms with van der Waals surface area (Å²) in [5.74, 6) is 0.702. The maximum absolute atomic E-state index is 11.9. The predicted molar refractivity (Wildman–Crippen MR) is 86.6 cm³/mol. The Morgan fingerprint density at radius 3 is 2.52 bits per heavy atom. The van der Waals surface area contributed by atoms with Gasteiger partial charge >= 0.3 is 0 Å². The molecule has 1 aromatic carbocycles. The van der Waals surface area contributed by atoms with Crippen LogP contribution in [-0.2, 0) is 11.2 Å². The summed E-state index contributed by atoms with van der Waals surface area (Å²) in [6, 6.07) is 8.70. The van der Waals surface area contributed by atoms with Crippen molar-refractivity contribution in [2.45, 2.75) is 26.2 Å². The second-order valence-corrected chi connectivity index (χ2v) is 6.02. The number of nitrogens with one attached hydrogen (secondary N) is 2. The van der Waals surface area contributed by atoms with Gasteiger partial charge in [-0.05, 0) is 23.5 Å². The first kappa shape index (κ1) is 16.0. The zero-order chi connectivity index (χ0) is 15.1. The van der Waals surface area contributed by atoms with Crippen molar-refractivity contribution in [3.63, 3.8) is 0 Å². The van der Waals surface area contributed by atoms with Crippen LogP contribution in [0.3, 0.4) is 0 Å². The molecule has 0 spiro atoms. The van der Waals surface area contributed by atoms with Crippen molar-refractivity contribution in [1.29, 1.82) is 0 Å². The molecular weight excluding hydrogens is 262 g/mol. The highest BCUT2D eigenvalue weighted by molar-refractivity contribution is 5.78. The molecule has 2 N–H and O–H groups in total. The van der Waals surface area contributed by atoms with Gasteiger partial charge in [0.25, 0.3) is 0 Å². The molecule has 0 saturated carbocycles. The molecule has 4 heteroatoms. The lowest BCUT2D eigenvalue weighted by molar-refractivity contribution is -0.122. The van der Waals surface area contributed by atoms with Crippen LogP contribution in [0.25, 0.3) is 0 Å². The first-order valence-corrected chi connectivity index (χ1v) is 7.94. The zero-order valence-corrected chi connectivity index (χ0v) is 13.2. The highest BCUT2D eigenvalue weighted by Gasteiger charge is 2.12. The minimum absolute atomic E-state index is 0.135. The van der Waals surface area contributed by atoms with Gasteiger partial charge in [-0.25, -0.2) is 0 Å². The second-order valence-electron chi connectivity index (χ2n) is 6.02. The van der Waals surface area contributed by atoms with Crippen LogP contribution < -0.4 is 10.6 Å². The monoisotopic (exact) mass is 289 g/mol. The molecule has 0 aliphatic carbocycles. The summed E-state index contributed by atoms with van der Waals surface area (Å²) in [5.41, 5.74) is 2.64. The Hall–Kier alpha value is -1.39. The van der Waals surface area contributed by atoms with E-state index in [4.69, 9.17) is 0 Å². The van der Waals surface area contributed by atoms with Gasteiger partial charge in [0, 0.05) is 32.7 Å². The molecule has 0 unspecified atom stereocenters. The fraction of sp³-hybridized carbons (Fsp3) is 0.588. The Morgan fingerprint density at radius 2 is 1.90 bits per heavy atom. The molecule has 21 heavy (non-hydrogen) atoms. The lowest BCUT2D eigenvalue weighted by Gasteiger charge is -2.26. The van der Waals surface area contributed by atoms with E-state index < -0.39 is 0 Å². The zero-order valence-electron chi connectivity index (χ0n) is 13.2. The van der Waals surface area contributed by atoms with Crippen LogP contribution in [0.1, 0.15) is 30.9 Å². The average molecular weight is 289 g/mol. The molecule has 0 radical (unpaired) electrons. The molecule has 4 nitrogen and oxygen atoms in total. The van der Waals surface area contributed by atoms with Crippen molar-refractivity contribution in [3.05, 3.63) is 35.4 Å². The van der Waals surface area contributed by atoms with E-state index >= 15 is 0 Å². The summed E-state index contributed by atoms with van der Waals surface area (Å²) in [6.45, 7) is 9.52. The molecule has 1 amide bonds. The first-order valence-electron chi connectivity index (χ1n) is 7.94. The number of carbonyl (C=O) groups excluding carboxylic acids is 1. The smallest absolute Gasteiger partial charge is 0.234 e. The van der Waals surface area contributed by atoms with Gasteiger partial charge in [0.05, 0.1) is 6.54 Å². The largest absolute Gasteiger partial charge is 0.355 e. The van der Waals surface area contributed by atoms with E-state index in [2.05, 4.69) is 53.6 Å². The quantitative estimate of drug-likeness (QED) is 0.831. The van der Waals surface area contributed by atoms with Crippen molar-refractivity contribution in [2.24, 2.45) is 0 Å². The number of nitrogens with zero attached hydrogens (tertiary/aromatic N) is 1. The lowest BCUT2D eigenvalue weighted by Crippen LogP contribution is -2.47. The van der Waals surface area contributed by atoms with E-state index in [1.54, 1.807) is 0 Å². The Kier molecular flexibility index (Phi) is 6.21. The molecule has 1 saturated heterocycles. The molecule has 0 bridgehead atoms. The molecule has 0 aromatic heterocycles. The summed E-state index contributed by atoms with van der Waals surface area (Å²) >= 11 is 0. The number of hydrogen-bond donors (Lipinski definition) is 2. The predicted octanol–water partition coefficient (Wildman–Crippen LogP) is 1.37. The molecule has 1 aliphatic heterocycles. The van der Waals surface area contributed by atoms with E-state index in [0.29, 0.717) is 19.0 Å². The van der Waals surface area contributed by atoms with Gasteiger partial charge < -0.3 is 10.6 Å². The van der Waals surface area contributed by atoms with Crippen LogP contribution in [0.15, 0.2) is 24.3 Å². The summed E-state index contributed by atoms with van der Waals surface area (Å²) in [4.78, 5) is 14.1. The van der Waals surface area contributed by atoms with E-state index in [0.717, 1.165) is 32.6 Å². The highest BCUT2D eigenvalue weighted by Crippen LogP contribution is 2.14. The molecule has 116 valence electrons. The van der Waals surface area contributed by atoms with E-state index in [1.807, 2.05) is 0 Å². The van der Waals surface area contributed by atoms with E-state index in [1.165, 1.54) is 11.1 Å². The van der Waals surface area contributed by atoms with Gasteiger partial charge in [0.1, 0.15) is 0 Å². The molecule has 1 heterocycles. The summed E-state index contributed by atoms with van der Waals surface area (Å²) in [7, 11) is 0. The Balaban J connectivity index is 1.67. The summed E-state index contributed by atoms with van der Waals surface area (Å²) in [5, 5.41) is 6.31. The fourth-order valence-corrected chi connectivity index (χ4v) is 2.54. The van der Waals surface area contributed by atoms with Crippen molar-refractivity contribution in [2.75, 3.05) is 39.3 Å². The van der Waals surface area contributed by atoms with Crippen molar-refractivity contribution < 1.29 is 4.79 Å². The Morgan fingerprint density at radius 1 is 1.24 bits per heavy atom. The SMILES string of the molecule is CC(C)c1ccc(CCNC(=O)CN2CCNCC2)cc1. The molecule has 2 rings (SSSR count). The minimum atomic E-state index is 0.135. The Bertz CT molecular complexity index is 436. The molecule has 1 aliphatic rings. The van der Waals surface area contributed by atoms with Gasteiger partial charge in [-0.15, -0.1) is 0 Å². The van der Waals surface area contributed by atoms with Gasteiger partial charge in [0.15, 0.2) is 0 Å². The van der Waals surface area contributed by atoms with Gasteiger partial charge in [-0.3, -0.25) is 9.69 Å². The molecule has 1 aromatic rings. The molecule has 0 atom stereocenters. The van der Waals surface area contributed by atoms with Crippen LogP contribution in [0, 0.1) is 0 Å². The maximum atomic E-state index is 11.9. The van der Waals surface area contributed by atoms with Crippen LogP contribution in [-0.4, -0.2) is 50.1 Å². The average Bonchev–Trinajstić information content (AvgIpc) is 2.49. The van der Waals surface area contributed by atoms with Crippen LogP contribution in [0.5, 0.6) is 0 Å².